The summed E-state index contributed by atoms with van der Waals surface area (Å²) in [5.41, 5.74) is 0.174. The van der Waals surface area contributed by atoms with Gasteiger partial charge in [-0.05, 0) is 25.9 Å². The Balaban J connectivity index is 0. The van der Waals surface area contributed by atoms with Crippen molar-refractivity contribution < 1.29 is 14.7 Å². The highest BCUT2D eigenvalue weighted by Gasteiger charge is 2.17. The second-order valence-electron chi connectivity index (χ2n) is 3.88. The molecule has 0 saturated heterocycles. The molecule has 0 rings (SSSR count). The number of nitrogens with one attached hydrogen (secondary N) is 1. The number of hydrogen-bond donors (Lipinski definition) is 2. The molecule has 1 amide bonds. The Hall–Kier alpha value is -1.07. The fourth-order valence-electron chi connectivity index (χ4n) is 1.66. The molecular weight excluding hydrogens is 256 g/mol. The van der Waals surface area contributed by atoms with Crippen LogP contribution in [0.4, 0.5) is 0 Å². The first-order valence-corrected chi connectivity index (χ1v) is 5.84. The molecule has 106 valence electrons. The van der Waals surface area contributed by atoms with Gasteiger partial charge in [0.05, 0.1) is 6.17 Å². The number of amides is 1. The van der Waals surface area contributed by atoms with E-state index in [1.807, 2.05) is 13.8 Å². The molecule has 0 bridgehead atoms. The molecular formula is C12H23ClN2O3. The molecule has 0 heterocycles. The minimum absolute atomic E-state index is 0. The number of carbonyl (C=O) groups excluding carboxylic acids is 1. The number of rotatable bonds is 8. The molecule has 0 aromatic heterocycles. The van der Waals surface area contributed by atoms with Crippen LogP contribution in [0.15, 0.2) is 12.2 Å². The molecule has 0 aromatic rings. The Kier molecular flexibility index (Phi) is 10.6. The molecule has 0 saturated carbocycles. The quantitative estimate of drug-likeness (QED) is 0.523. The molecule has 18 heavy (non-hydrogen) atoms. The van der Waals surface area contributed by atoms with E-state index in [2.05, 4.69) is 16.8 Å². The van der Waals surface area contributed by atoms with Crippen LogP contribution in [-0.2, 0) is 9.59 Å². The summed E-state index contributed by atoms with van der Waals surface area (Å²) < 4.78 is 0. The number of carboxylic acid groups (broad SMARTS) is 1. The van der Waals surface area contributed by atoms with Crippen molar-refractivity contribution in [3.05, 3.63) is 12.2 Å². The van der Waals surface area contributed by atoms with Crippen LogP contribution >= 0.6 is 12.4 Å². The van der Waals surface area contributed by atoms with Gasteiger partial charge in [0.25, 0.3) is 0 Å². The van der Waals surface area contributed by atoms with Gasteiger partial charge in [0.15, 0.2) is 0 Å². The second-order valence-corrected chi connectivity index (χ2v) is 3.88. The van der Waals surface area contributed by atoms with Crippen molar-refractivity contribution in [2.24, 2.45) is 0 Å². The van der Waals surface area contributed by atoms with Crippen molar-refractivity contribution in [2.75, 3.05) is 13.1 Å². The third-order valence-electron chi connectivity index (χ3n) is 2.65. The molecule has 5 nitrogen and oxygen atoms in total. The zero-order valence-corrected chi connectivity index (χ0v) is 12.0. The Morgan fingerprint density at radius 3 is 2.17 bits per heavy atom. The van der Waals surface area contributed by atoms with Crippen LogP contribution in [0.3, 0.4) is 0 Å². The molecule has 0 fully saturated rings. The summed E-state index contributed by atoms with van der Waals surface area (Å²) in [4.78, 5) is 23.8. The molecule has 1 unspecified atom stereocenters. The van der Waals surface area contributed by atoms with Crippen LogP contribution in [-0.4, -0.2) is 41.1 Å². The maximum absolute atomic E-state index is 11.1. The molecule has 6 heteroatoms. The van der Waals surface area contributed by atoms with Gasteiger partial charge in [-0.15, -0.1) is 12.4 Å². The summed E-state index contributed by atoms with van der Waals surface area (Å²) >= 11 is 0. The van der Waals surface area contributed by atoms with E-state index in [0.29, 0.717) is 12.8 Å². The third kappa shape index (κ3) is 7.29. The minimum atomic E-state index is -0.980. The highest BCUT2D eigenvalue weighted by atomic mass is 35.5. The number of nitrogens with zero attached hydrogens (tertiary/aromatic N) is 1. The van der Waals surface area contributed by atoms with Crippen LogP contribution in [0.25, 0.3) is 0 Å². The Labute approximate surface area is 115 Å². The topological polar surface area (TPSA) is 69.6 Å². The average Bonchev–Trinajstić information content (AvgIpc) is 2.25. The predicted octanol–water partition coefficient (Wildman–Crippen LogP) is 1.63. The zero-order chi connectivity index (χ0) is 13.4. The normalized spacial score (nSPS) is 11.6. The van der Waals surface area contributed by atoms with Crippen LogP contribution < -0.4 is 5.32 Å². The van der Waals surface area contributed by atoms with Crippen LogP contribution in [0, 0.1) is 0 Å². The second kappa shape index (κ2) is 9.91. The lowest BCUT2D eigenvalue weighted by molar-refractivity contribution is -0.132. The van der Waals surface area contributed by atoms with Gasteiger partial charge in [0, 0.05) is 12.5 Å². The Bertz CT molecular complexity index is 291. The third-order valence-corrected chi connectivity index (χ3v) is 2.65. The molecule has 2 N–H and O–H groups in total. The van der Waals surface area contributed by atoms with E-state index in [1.165, 1.54) is 6.92 Å². The summed E-state index contributed by atoms with van der Waals surface area (Å²) in [7, 11) is 0. The minimum Gasteiger partial charge on any atom is -0.478 e. The fraction of sp³-hybridized carbons (Fsp3) is 0.667. The number of hydrogen-bond acceptors (Lipinski definition) is 3. The summed E-state index contributed by atoms with van der Waals surface area (Å²) in [6.45, 7) is 10.6. The highest BCUT2D eigenvalue weighted by molar-refractivity contribution is 5.85. The summed E-state index contributed by atoms with van der Waals surface area (Å²) in [5, 5.41) is 11.6. The standard InChI is InChI=1S/C12H22N2O3.ClH/c1-5-14(6-2)11(13-10(4)15)8-7-9(3)12(16)17;/h11H,3,5-8H2,1-2,4H3,(H,13,15)(H,16,17);1H. The molecule has 0 spiro atoms. The molecule has 0 aliphatic rings. The first kappa shape index (κ1) is 19.3. The maximum Gasteiger partial charge on any atom is 0.330 e. The number of aliphatic carboxylic acids is 1. The fourth-order valence-corrected chi connectivity index (χ4v) is 1.66. The average molecular weight is 279 g/mol. The predicted molar refractivity (Wildman–Crippen MR) is 73.8 cm³/mol. The summed E-state index contributed by atoms with van der Waals surface area (Å²) in [5.74, 6) is -1.09. The monoisotopic (exact) mass is 278 g/mol. The Morgan fingerprint density at radius 2 is 1.83 bits per heavy atom. The van der Waals surface area contributed by atoms with Crippen molar-refractivity contribution in [3.63, 3.8) is 0 Å². The van der Waals surface area contributed by atoms with Crippen molar-refractivity contribution in [1.29, 1.82) is 0 Å². The van der Waals surface area contributed by atoms with Crippen molar-refractivity contribution in [1.82, 2.24) is 10.2 Å². The summed E-state index contributed by atoms with van der Waals surface area (Å²) in [6.07, 6.45) is 0.807. The van der Waals surface area contributed by atoms with E-state index < -0.39 is 5.97 Å². The lowest BCUT2D eigenvalue weighted by Crippen LogP contribution is -2.47. The highest BCUT2D eigenvalue weighted by Crippen LogP contribution is 2.09. The van der Waals surface area contributed by atoms with E-state index in [1.54, 1.807) is 0 Å². The van der Waals surface area contributed by atoms with E-state index in [0.717, 1.165) is 13.1 Å². The number of halogens is 1. The zero-order valence-electron chi connectivity index (χ0n) is 11.2. The van der Waals surface area contributed by atoms with Gasteiger partial charge in [-0.1, -0.05) is 20.4 Å². The lowest BCUT2D eigenvalue weighted by atomic mass is 10.1. The number of carbonyl (C=O) groups is 2. The smallest absolute Gasteiger partial charge is 0.330 e. The van der Waals surface area contributed by atoms with Crippen LogP contribution in [0.2, 0.25) is 0 Å². The molecule has 0 aliphatic heterocycles. The van der Waals surface area contributed by atoms with E-state index >= 15 is 0 Å². The van der Waals surface area contributed by atoms with Gasteiger partial charge in [-0.25, -0.2) is 4.79 Å². The largest absolute Gasteiger partial charge is 0.478 e. The number of carboxylic acids is 1. The van der Waals surface area contributed by atoms with E-state index in [4.69, 9.17) is 5.11 Å². The first-order valence-electron chi connectivity index (χ1n) is 5.84. The van der Waals surface area contributed by atoms with Gasteiger partial charge in [-0.2, -0.15) is 0 Å². The molecule has 0 radical (unpaired) electrons. The first-order chi connectivity index (χ1) is 7.92. The van der Waals surface area contributed by atoms with Gasteiger partial charge in [0.1, 0.15) is 0 Å². The Morgan fingerprint density at radius 1 is 1.33 bits per heavy atom. The van der Waals surface area contributed by atoms with Crippen molar-refractivity contribution in [3.8, 4) is 0 Å². The van der Waals surface area contributed by atoms with Crippen LogP contribution in [0.1, 0.15) is 33.6 Å². The lowest BCUT2D eigenvalue weighted by Gasteiger charge is -2.30. The van der Waals surface area contributed by atoms with Crippen molar-refractivity contribution >= 4 is 24.3 Å². The van der Waals surface area contributed by atoms with Crippen molar-refractivity contribution in [2.45, 2.75) is 39.8 Å². The molecule has 1 atom stereocenters. The van der Waals surface area contributed by atoms with E-state index in [-0.39, 0.29) is 30.1 Å². The summed E-state index contributed by atoms with van der Waals surface area (Å²) in [6, 6.07) is 0. The van der Waals surface area contributed by atoms with Crippen LogP contribution in [0.5, 0.6) is 0 Å². The van der Waals surface area contributed by atoms with Gasteiger partial charge in [0.2, 0.25) is 5.91 Å². The molecule has 0 aliphatic carbocycles. The maximum atomic E-state index is 11.1. The van der Waals surface area contributed by atoms with Gasteiger partial charge < -0.3 is 10.4 Å². The SMILES string of the molecule is C=C(CCC(NC(C)=O)N(CC)CC)C(=O)O.Cl. The van der Waals surface area contributed by atoms with E-state index in [9.17, 15) is 9.59 Å². The molecule has 0 aromatic carbocycles. The van der Waals surface area contributed by atoms with Gasteiger partial charge >= 0.3 is 5.97 Å². The van der Waals surface area contributed by atoms with Gasteiger partial charge in [-0.3, -0.25) is 9.69 Å².